The number of hydrogen-bond donors (Lipinski definition) is 2. The Kier molecular flexibility index (Phi) is 6.65. The first-order valence-corrected chi connectivity index (χ1v) is 6.78. The van der Waals surface area contributed by atoms with Gasteiger partial charge in [0.2, 0.25) is 0 Å². The van der Waals surface area contributed by atoms with Crippen molar-refractivity contribution in [2.24, 2.45) is 5.41 Å². The Labute approximate surface area is 122 Å². The SMILES string of the molecule is C=CC[C@](C)(C(O)CC(=O)OC(C)(C)C)[C@@H](O)C(=C)C. The van der Waals surface area contributed by atoms with E-state index >= 15 is 0 Å². The van der Waals surface area contributed by atoms with Crippen molar-refractivity contribution in [3.63, 3.8) is 0 Å². The van der Waals surface area contributed by atoms with E-state index in [0.29, 0.717) is 12.0 Å². The first-order valence-electron chi connectivity index (χ1n) is 6.78. The highest BCUT2D eigenvalue weighted by Gasteiger charge is 2.40. The van der Waals surface area contributed by atoms with Crippen molar-refractivity contribution in [3.05, 3.63) is 24.8 Å². The summed E-state index contributed by atoms with van der Waals surface area (Å²) >= 11 is 0. The molecular formula is C16H28O4. The number of ether oxygens (including phenoxy) is 1. The van der Waals surface area contributed by atoms with Gasteiger partial charge in [-0.05, 0) is 34.1 Å². The second kappa shape index (κ2) is 7.04. The van der Waals surface area contributed by atoms with Gasteiger partial charge in [-0.3, -0.25) is 4.79 Å². The minimum atomic E-state index is -1.04. The lowest BCUT2D eigenvalue weighted by Crippen LogP contribution is -2.44. The van der Waals surface area contributed by atoms with Crippen LogP contribution in [0.2, 0.25) is 0 Å². The van der Waals surface area contributed by atoms with E-state index in [-0.39, 0.29) is 6.42 Å². The van der Waals surface area contributed by atoms with Crippen molar-refractivity contribution in [1.82, 2.24) is 0 Å². The Hall–Kier alpha value is -1.13. The highest BCUT2D eigenvalue weighted by molar-refractivity contribution is 5.70. The van der Waals surface area contributed by atoms with Gasteiger partial charge in [-0.25, -0.2) is 0 Å². The molecule has 0 aromatic carbocycles. The maximum atomic E-state index is 11.8. The second-order valence-electron chi connectivity index (χ2n) is 6.55. The first-order chi connectivity index (χ1) is 8.94. The fourth-order valence-electron chi connectivity index (χ4n) is 2.08. The van der Waals surface area contributed by atoms with Crippen molar-refractivity contribution in [2.75, 3.05) is 0 Å². The summed E-state index contributed by atoms with van der Waals surface area (Å²) < 4.78 is 5.19. The Morgan fingerprint density at radius 2 is 1.80 bits per heavy atom. The molecule has 0 bridgehead atoms. The molecule has 0 rings (SSSR count). The molecule has 2 N–H and O–H groups in total. The van der Waals surface area contributed by atoms with Gasteiger partial charge < -0.3 is 14.9 Å². The van der Waals surface area contributed by atoms with Gasteiger partial charge in [0.15, 0.2) is 0 Å². The molecule has 0 fully saturated rings. The molecule has 0 aromatic rings. The molecule has 4 nitrogen and oxygen atoms in total. The maximum Gasteiger partial charge on any atom is 0.308 e. The summed E-state index contributed by atoms with van der Waals surface area (Å²) in [5.74, 6) is -0.491. The van der Waals surface area contributed by atoms with E-state index in [1.807, 2.05) is 0 Å². The molecule has 0 aromatic heterocycles. The van der Waals surface area contributed by atoms with Crippen LogP contribution in [0.5, 0.6) is 0 Å². The number of carbonyl (C=O) groups is 1. The van der Waals surface area contributed by atoms with Gasteiger partial charge in [0, 0.05) is 5.41 Å². The summed E-state index contributed by atoms with van der Waals surface area (Å²) in [4.78, 5) is 11.8. The van der Waals surface area contributed by atoms with Gasteiger partial charge in [-0.15, -0.1) is 6.58 Å². The summed E-state index contributed by atoms with van der Waals surface area (Å²) in [6, 6.07) is 0. The zero-order valence-corrected chi connectivity index (χ0v) is 13.3. The molecule has 1 unspecified atom stereocenters. The van der Waals surface area contributed by atoms with Gasteiger partial charge >= 0.3 is 5.97 Å². The largest absolute Gasteiger partial charge is 0.460 e. The van der Waals surface area contributed by atoms with Crippen LogP contribution >= 0.6 is 0 Å². The third-order valence-electron chi connectivity index (χ3n) is 3.22. The van der Waals surface area contributed by atoms with Crippen LogP contribution in [0.4, 0.5) is 0 Å². The van der Waals surface area contributed by atoms with Crippen LogP contribution < -0.4 is 0 Å². The number of aliphatic hydroxyl groups excluding tert-OH is 2. The molecule has 0 aliphatic carbocycles. The molecule has 0 aliphatic heterocycles. The number of allylic oxidation sites excluding steroid dienone is 1. The fraction of sp³-hybridized carbons (Fsp3) is 0.688. The van der Waals surface area contributed by atoms with Crippen molar-refractivity contribution >= 4 is 5.97 Å². The van der Waals surface area contributed by atoms with E-state index in [1.165, 1.54) is 0 Å². The molecule has 116 valence electrons. The predicted molar refractivity (Wildman–Crippen MR) is 80.2 cm³/mol. The third-order valence-corrected chi connectivity index (χ3v) is 3.22. The lowest BCUT2D eigenvalue weighted by Gasteiger charge is -2.38. The third kappa shape index (κ3) is 5.47. The van der Waals surface area contributed by atoms with Crippen LogP contribution in [0.1, 0.15) is 47.5 Å². The normalized spacial score (nSPS) is 17.8. The number of carbonyl (C=O) groups excluding carboxylic acids is 1. The van der Waals surface area contributed by atoms with E-state index in [4.69, 9.17) is 4.74 Å². The minimum Gasteiger partial charge on any atom is -0.460 e. The number of aliphatic hydroxyl groups is 2. The molecule has 4 heteroatoms. The molecule has 0 spiro atoms. The Morgan fingerprint density at radius 1 is 1.30 bits per heavy atom. The van der Waals surface area contributed by atoms with Gasteiger partial charge in [0.05, 0.1) is 18.6 Å². The zero-order chi connectivity index (χ0) is 16.1. The van der Waals surface area contributed by atoms with E-state index in [0.717, 1.165) is 0 Å². The molecule has 0 amide bonds. The Bertz CT molecular complexity index is 367. The first kappa shape index (κ1) is 18.9. The van der Waals surface area contributed by atoms with Crippen molar-refractivity contribution in [3.8, 4) is 0 Å². The van der Waals surface area contributed by atoms with Crippen molar-refractivity contribution in [1.29, 1.82) is 0 Å². The summed E-state index contributed by atoms with van der Waals surface area (Å²) in [7, 11) is 0. The summed E-state index contributed by atoms with van der Waals surface area (Å²) in [5, 5.41) is 20.6. The Balaban J connectivity index is 4.98. The topological polar surface area (TPSA) is 66.8 Å². The lowest BCUT2D eigenvalue weighted by molar-refractivity contribution is -0.160. The molecule has 0 aliphatic rings. The molecule has 0 saturated heterocycles. The van der Waals surface area contributed by atoms with Gasteiger partial charge in [-0.1, -0.05) is 25.2 Å². The van der Waals surface area contributed by atoms with Crippen LogP contribution in [0, 0.1) is 5.41 Å². The monoisotopic (exact) mass is 284 g/mol. The number of esters is 1. The Morgan fingerprint density at radius 3 is 2.15 bits per heavy atom. The molecule has 0 heterocycles. The minimum absolute atomic E-state index is 0.175. The van der Waals surface area contributed by atoms with E-state index in [2.05, 4.69) is 13.2 Å². The van der Waals surface area contributed by atoms with Crippen LogP contribution in [0.15, 0.2) is 24.8 Å². The lowest BCUT2D eigenvalue weighted by atomic mass is 9.72. The highest BCUT2D eigenvalue weighted by Crippen LogP contribution is 2.36. The smallest absolute Gasteiger partial charge is 0.308 e. The van der Waals surface area contributed by atoms with E-state index in [9.17, 15) is 15.0 Å². The standard InChI is InChI=1S/C16H28O4/c1-8-9-16(7,14(19)11(2)3)12(17)10-13(18)20-15(4,5)6/h8,12,14,17,19H,1-2,9-10H2,3-7H3/t12?,14-,16+/m0/s1. The van der Waals surface area contributed by atoms with Gasteiger partial charge in [0.25, 0.3) is 0 Å². The molecule has 0 radical (unpaired) electrons. The van der Waals surface area contributed by atoms with E-state index < -0.39 is 29.2 Å². The van der Waals surface area contributed by atoms with Gasteiger partial charge in [-0.2, -0.15) is 0 Å². The van der Waals surface area contributed by atoms with Crippen LogP contribution in [0.25, 0.3) is 0 Å². The van der Waals surface area contributed by atoms with Crippen molar-refractivity contribution < 1.29 is 19.7 Å². The number of hydrogen-bond acceptors (Lipinski definition) is 4. The summed E-state index contributed by atoms with van der Waals surface area (Å²) in [6.45, 7) is 16.1. The van der Waals surface area contributed by atoms with Gasteiger partial charge in [0.1, 0.15) is 5.60 Å². The number of rotatable bonds is 7. The van der Waals surface area contributed by atoms with Crippen molar-refractivity contribution in [2.45, 2.75) is 65.3 Å². The summed E-state index contributed by atoms with van der Waals surface area (Å²) in [5.41, 5.74) is -0.971. The quantitative estimate of drug-likeness (QED) is 0.557. The maximum absolute atomic E-state index is 11.8. The zero-order valence-electron chi connectivity index (χ0n) is 13.3. The molecular weight excluding hydrogens is 256 g/mol. The van der Waals surface area contributed by atoms with E-state index in [1.54, 1.807) is 40.7 Å². The average Bonchev–Trinajstić information content (AvgIpc) is 2.24. The molecule has 0 saturated carbocycles. The average molecular weight is 284 g/mol. The second-order valence-corrected chi connectivity index (χ2v) is 6.55. The van der Waals surface area contributed by atoms with Crippen LogP contribution in [-0.4, -0.2) is 34.0 Å². The fourth-order valence-corrected chi connectivity index (χ4v) is 2.08. The van der Waals surface area contributed by atoms with Crippen LogP contribution in [0.3, 0.4) is 0 Å². The predicted octanol–water partition coefficient (Wildman–Crippen LogP) is 2.60. The molecule has 3 atom stereocenters. The summed E-state index contributed by atoms with van der Waals surface area (Å²) in [6.07, 6.45) is -0.151. The highest BCUT2D eigenvalue weighted by atomic mass is 16.6. The molecule has 20 heavy (non-hydrogen) atoms. The van der Waals surface area contributed by atoms with Crippen LogP contribution in [-0.2, 0) is 9.53 Å².